The zero-order valence-corrected chi connectivity index (χ0v) is 21.5. The normalized spacial score (nSPS) is 14.6. The number of carboxylic acid groups (broad SMARTS) is 1. The van der Waals surface area contributed by atoms with E-state index < -0.39 is 23.6 Å². The number of amides is 1. The van der Waals surface area contributed by atoms with Crippen molar-refractivity contribution in [3.05, 3.63) is 89.3 Å². The van der Waals surface area contributed by atoms with Crippen molar-refractivity contribution >= 4 is 40.4 Å². The van der Waals surface area contributed by atoms with Crippen molar-refractivity contribution in [3.63, 3.8) is 0 Å². The van der Waals surface area contributed by atoms with Crippen molar-refractivity contribution in [2.45, 2.75) is 31.3 Å². The summed E-state index contributed by atoms with van der Waals surface area (Å²) in [5.74, 6) is -0.439. The number of aromatic amines is 1. The van der Waals surface area contributed by atoms with Crippen LogP contribution in [0.5, 0.6) is 0 Å². The van der Waals surface area contributed by atoms with Gasteiger partial charge in [0.1, 0.15) is 11.8 Å². The summed E-state index contributed by atoms with van der Waals surface area (Å²) in [4.78, 5) is 32.1. The number of carboxylic acids is 1. The molecule has 1 atom stereocenters. The lowest BCUT2D eigenvalue weighted by Crippen LogP contribution is -2.19. The average Bonchev–Trinajstić information content (AvgIpc) is 3.36. The summed E-state index contributed by atoms with van der Waals surface area (Å²) in [7, 11) is 0. The molecule has 10 heteroatoms. The van der Waals surface area contributed by atoms with Gasteiger partial charge in [-0.2, -0.15) is 0 Å². The highest BCUT2D eigenvalue weighted by atomic mass is 35.5. The van der Waals surface area contributed by atoms with Crippen molar-refractivity contribution in [1.82, 2.24) is 15.1 Å². The highest BCUT2D eigenvalue weighted by Crippen LogP contribution is 2.51. The zero-order valence-electron chi connectivity index (χ0n) is 20.8. The first-order valence-electron chi connectivity index (χ1n) is 12.3. The Morgan fingerprint density at radius 1 is 1.10 bits per heavy atom. The van der Waals surface area contributed by atoms with Gasteiger partial charge in [0.25, 0.3) is 0 Å². The van der Waals surface area contributed by atoms with Crippen LogP contribution in [0.2, 0.25) is 5.02 Å². The molecule has 3 N–H and O–H groups in total. The molecule has 2 aromatic heterocycles. The number of hydrogen-bond donors (Lipinski definition) is 3. The summed E-state index contributed by atoms with van der Waals surface area (Å²) in [5.41, 5.74) is 4.90. The Labute approximate surface area is 227 Å². The van der Waals surface area contributed by atoms with Crippen LogP contribution in [0, 0.1) is 0 Å². The number of fused-ring (bicyclic) bond motifs is 1. The molecule has 6 rings (SSSR count). The van der Waals surface area contributed by atoms with Crippen LogP contribution in [0.25, 0.3) is 33.5 Å². The zero-order chi connectivity index (χ0) is 27.1. The number of aliphatic carboxylic acids is 1. The van der Waals surface area contributed by atoms with Crippen molar-refractivity contribution in [3.8, 4) is 22.5 Å². The van der Waals surface area contributed by atoms with E-state index in [1.54, 1.807) is 25.4 Å². The van der Waals surface area contributed by atoms with Gasteiger partial charge in [-0.05, 0) is 37.0 Å². The molecule has 0 aliphatic heterocycles. The van der Waals surface area contributed by atoms with Crippen LogP contribution in [-0.4, -0.2) is 32.3 Å². The number of imidazole rings is 1. The SMILES string of the molecule is CC(OC(=O)Nc1cnoc1-c1ccc(-c2ccc(C3(C(=O)O)CC3)c3nc[nH]c23)cc1)c1ccccc1Cl. The molecule has 5 aromatic rings. The van der Waals surface area contributed by atoms with Gasteiger partial charge >= 0.3 is 12.1 Å². The molecule has 39 heavy (non-hydrogen) atoms. The summed E-state index contributed by atoms with van der Waals surface area (Å²) in [6.07, 6.45) is 2.99. The van der Waals surface area contributed by atoms with Crippen LogP contribution in [0.3, 0.4) is 0 Å². The first-order valence-corrected chi connectivity index (χ1v) is 12.7. The van der Waals surface area contributed by atoms with Gasteiger partial charge in [0, 0.05) is 21.7 Å². The Balaban J connectivity index is 1.22. The highest BCUT2D eigenvalue weighted by molar-refractivity contribution is 6.31. The van der Waals surface area contributed by atoms with E-state index in [4.69, 9.17) is 20.9 Å². The van der Waals surface area contributed by atoms with E-state index in [1.807, 2.05) is 48.5 Å². The topological polar surface area (TPSA) is 130 Å². The molecule has 1 aliphatic carbocycles. The van der Waals surface area contributed by atoms with Crippen LogP contribution in [0.15, 0.2) is 77.7 Å². The van der Waals surface area contributed by atoms with Gasteiger partial charge < -0.3 is 19.4 Å². The molecular formula is C29H23ClN4O5. The van der Waals surface area contributed by atoms with Crippen molar-refractivity contribution in [1.29, 1.82) is 0 Å². The van der Waals surface area contributed by atoms with Crippen LogP contribution in [0.4, 0.5) is 10.5 Å². The van der Waals surface area contributed by atoms with E-state index in [-0.39, 0.29) is 0 Å². The van der Waals surface area contributed by atoms with Crippen LogP contribution >= 0.6 is 11.6 Å². The number of nitrogens with zero attached hydrogens (tertiary/aromatic N) is 2. The third-order valence-electron chi connectivity index (χ3n) is 7.15. The Morgan fingerprint density at radius 3 is 2.56 bits per heavy atom. The first kappa shape index (κ1) is 24.7. The molecule has 1 amide bonds. The highest BCUT2D eigenvalue weighted by Gasteiger charge is 2.53. The minimum atomic E-state index is -0.849. The maximum Gasteiger partial charge on any atom is 0.412 e. The molecule has 0 radical (unpaired) electrons. The van der Waals surface area contributed by atoms with E-state index in [0.717, 1.165) is 22.2 Å². The minimum Gasteiger partial charge on any atom is -0.481 e. The summed E-state index contributed by atoms with van der Waals surface area (Å²) >= 11 is 6.21. The Kier molecular flexibility index (Phi) is 6.07. The first-order chi connectivity index (χ1) is 18.9. The average molecular weight is 543 g/mol. The molecular weight excluding hydrogens is 520 g/mol. The van der Waals surface area contributed by atoms with Gasteiger partial charge in [-0.1, -0.05) is 71.4 Å². The standard InChI is InChI=1S/C29H23ClN4O5/c1-16(19-4-2-3-5-22(19)30)38-28(37)34-23-14-33-39-26(23)18-8-6-17(7-9-18)20-10-11-21(25-24(20)31-15-32-25)29(12-13-29)27(35)36/h2-11,14-16H,12-13H2,1H3,(H,31,32)(H,34,37)(H,35,36). The quantitative estimate of drug-likeness (QED) is 0.202. The Hall–Kier alpha value is -4.63. The molecule has 1 saturated carbocycles. The van der Waals surface area contributed by atoms with Crippen LogP contribution in [-0.2, 0) is 14.9 Å². The van der Waals surface area contributed by atoms with E-state index in [1.165, 1.54) is 6.20 Å². The maximum atomic E-state index is 12.6. The number of benzene rings is 3. The predicted molar refractivity (Wildman–Crippen MR) is 146 cm³/mol. The summed E-state index contributed by atoms with van der Waals surface area (Å²) in [6.45, 7) is 1.74. The maximum absolute atomic E-state index is 12.6. The molecule has 1 fully saturated rings. The number of carbonyl (C=O) groups is 2. The molecule has 1 aliphatic rings. The van der Waals surface area contributed by atoms with Crippen LogP contribution in [0.1, 0.15) is 37.0 Å². The number of H-pyrrole nitrogens is 1. The van der Waals surface area contributed by atoms with E-state index in [2.05, 4.69) is 20.4 Å². The van der Waals surface area contributed by atoms with Crippen molar-refractivity contribution < 1.29 is 24.0 Å². The lowest BCUT2D eigenvalue weighted by atomic mass is 9.91. The van der Waals surface area contributed by atoms with Gasteiger partial charge in [0.2, 0.25) is 0 Å². The molecule has 0 spiro atoms. The van der Waals surface area contributed by atoms with Gasteiger partial charge in [0.15, 0.2) is 5.76 Å². The number of aromatic nitrogens is 3. The van der Waals surface area contributed by atoms with Gasteiger partial charge in [-0.3, -0.25) is 10.1 Å². The molecule has 0 saturated heterocycles. The minimum absolute atomic E-state index is 0.364. The van der Waals surface area contributed by atoms with Gasteiger partial charge in [-0.25, -0.2) is 9.78 Å². The molecule has 196 valence electrons. The van der Waals surface area contributed by atoms with E-state index >= 15 is 0 Å². The number of rotatable bonds is 7. The molecule has 0 bridgehead atoms. The fourth-order valence-corrected chi connectivity index (χ4v) is 5.18. The monoisotopic (exact) mass is 542 g/mol. The van der Waals surface area contributed by atoms with E-state index in [0.29, 0.717) is 46.0 Å². The van der Waals surface area contributed by atoms with E-state index in [9.17, 15) is 14.7 Å². The second-order valence-electron chi connectivity index (χ2n) is 9.51. The largest absolute Gasteiger partial charge is 0.481 e. The number of anilines is 1. The third kappa shape index (κ3) is 4.40. The number of ether oxygens (including phenoxy) is 1. The lowest BCUT2D eigenvalue weighted by Gasteiger charge is -2.15. The third-order valence-corrected chi connectivity index (χ3v) is 7.49. The number of nitrogens with one attached hydrogen (secondary N) is 2. The van der Waals surface area contributed by atoms with Crippen molar-refractivity contribution in [2.75, 3.05) is 5.32 Å². The Bertz CT molecular complexity index is 1700. The van der Waals surface area contributed by atoms with Gasteiger partial charge in [0.05, 0.1) is 29.0 Å². The second kappa shape index (κ2) is 9.59. The van der Waals surface area contributed by atoms with Crippen LogP contribution < -0.4 is 5.32 Å². The van der Waals surface area contributed by atoms with Crippen molar-refractivity contribution in [2.24, 2.45) is 0 Å². The number of halogens is 1. The molecule has 3 aromatic carbocycles. The van der Waals surface area contributed by atoms with Gasteiger partial charge in [-0.15, -0.1) is 0 Å². The fraction of sp³-hybridized carbons (Fsp3) is 0.172. The molecule has 1 unspecified atom stereocenters. The lowest BCUT2D eigenvalue weighted by molar-refractivity contribution is -0.140. The Morgan fingerprint density at radius 2 is 1.85 bits per heavy atom. The smallest absolute Gasteiger partial charge is 0.412 e. The molecule has 9 nitrogen and oxygen atoms in total. The fourth-order valence-electron chi connectivity index (χ4n) is 4.89. The predicted octanol–water partition coefficient (Wildman–Crippen LogP) is 6.96. The second-order valence-corrected chi connectivity index (χ2v) is 9.92. The summed E-state index contributed by atoms with van der Waals surface area (Å²) in [6, 6.07) is 18.5. The molecule has 2 heterocycles. The number of carbonyl (C=O) groups excluding carboxylic acids is 1. The summed E-state index contributed by atoms with van der Waals surface area (Å²) in [5, 5.41) is 16.8. The summed E-state index contributed by atoms with van der Waals surface area (Å²) < 4.78 is 10.9. The number of hydrogen-bond acceptors (Lipinski definition) is 6.